The number of aromatic carboxylic acids is 1. The normalized spacial score (nSPS) is 11.0. The first-order valence-electron chi connectivity index (χ1n) is 5.73. The topological polar surface area (TPSA) is 70.3 Å². The Hall–Kier alpha value is -1.54. The van der Waals surface area contributed by atoms with Crippen LogP contribution in [0.5, 0.6) is 5.75 Å². The summed E-state index contributed by atoms with van der Waals surface area (Å²) in [5.41, 5.74) is -0.0941. The average Bonchev–Trinajstić information content (AvgIpc) is 2.68. The molecule has 1 aromatic rings. The van der Waals surface area contributed by atoms with Crippen molar-refractivity contribution in [1.29, 1.82) is 5.26 Å². The lowest BCUT2D eigenvalue weighted by Gasteiger charge is -2.14. The van der Waals surface area contributed by atoms with Gasteiger partial charge >= 0.3 is 5.97 Å². The summed E-state index contributed by atoms with van der Waals surface area (Å²) in [5, 5.41) is 17.5. The van der Waals surface area contributed by atoms with Crippen LogP contribution in [0.3, 0.4) is 0 Å². The SMILES string of the molecule is CC(C)(C)c1cc(OCCCC#N)c(C(=O)O)s1. The molecule has 0 atom stereocenters. The highest BCUT2D eigenvalue weighted by Gasteiger charge is 2.23. The van der Waals surface area contributed by atoms with E-state index in [1.165, 1.54) is 11.3 Å². The highest BCUT2D eigenvalue weighted by Crippen LogP contribution is 2.36. The molecule has 18 heavy (non-hydrogen) atoms. The molecule has 0 aliphatic heterocycles. The zero-order chi connectivity index (χ0) is 13.8. The molecule has 4 nitrogen and oxygen atoms in total. The molecule has 0 fully saturated rings. The number of nitrogens with zero attached hydrogens (tertiary/aromatic N) is 1. The molecule has 98 valence electrons. The summed E-state index contributed by atoms with van der Waals surface area (Å²) in [6.45, 7) is 6.46. The van der Waals surface area contributed by atoms with Gasteiger partial charge in [-0.2, -0.15) is 5.26 Å². The summed E-state index contributed by atoms with van der Waals surface area (Å²) >= 11 is 1.25. The maximum Gasteiger partial charge on any atom is 0.349 e. The van der Waals surface area contributed by atoms with Gasteiger partial charge in [0, 0.05) is 11.3 Å². The van der Waals surface area contributed by atoms with Crippen LogP contribution in [0.15, 0.2) is 6.07 Å². The van der Waals surface area contributed by atoms with Crippen LogP contribution in [0.4, 0.5) is 0 Å². The lowest BCUT2D eigenvalue weighted by Crippen LogP contribution is -2.08. The molecule has 0 unspecified atom stereocenters. The molecular formula is C13H17NO3S. The van der Waals surface area contributed by atoms with E-state index in [1.54, 1.807) is 6.07 Å². The van der Waals surface area contributed by atoms with Gasteiger partial charge in [-0.3, -0.25) is 0 Å². The summed E-state index contributed by atoms with van der Waals surface area (Å²) in [6, 6.07) is 3.82. The van der Waals surface area contributed by atoms with Crippen molar-refractivity contribution < 1.29 is 14.6 Å². The van der Waals surface area contributed by atoms with Crippen LogP contribution in [0.25, 0.3) is 0 Å². The standard InChI is InChI=1S/C13H17NO3S/c1-13(2,3)10-8-9(11(18-10)12(15)16)17-7-5-4-6-14/h8H,4-5,7H2,1-3H3,(H,15,16). The van der Waals surface area contributed by atoms with Crippen molar-refractivity contribution in [3.63, 3.8) is 0 Å². The van der Waals surface area contributed by atoms with E-state index >= 15 is 0 Å². The molecule has 1 N–H and O–H groups in total. The number of unbranched alkanes of at least 4 members (excludes halogenated alkanes) is 1. The molecule has 0 aliphatic rings. The highest BCUT2D eigenvalue weighted by molar-refractivity contribution is 7.14. The minimum atomic E-state index is -0.967. The van der Waals surface area contributed by atoms with E-state index in [0.717, 1.165) is 4.88 Å². The third-order valence-corrected chi connectivity index (χ3v) is 3.85. The molecular weight excluding hydrogens is 250 g/mol. The van der Waals surface area contributed by atoms with Gasteiger partial charge in [0.05, 0.1) is 12.7 Å². The molecule has 0 aliphatic carbocycles. The molecule has 0 saturated heterocycles. The van der Waals surface area contributed by atoms with Crippen molar-refractivity contribution in [3.05, 3.63) is 15.8 Å². The number of carboxylic acid groups (broad SMARTS) is 1. The number of carboxylic acids is 1. The second kappa shape index (κ2) is 5.87. The first kappa shape index (κ1) is 14.5. The van der Waals surface area contributed by atoms with Crippen molar-refractivity contribution in [2.24, 2.45) is 0 Å². The van der Waals surface area contributed by atoms with Gasteiger partial charge in [-0.15, -0.1) is 11.3 Å². The molecule has 0 bridgehead atoms. The smallest absolute Gasteiger partial charge is 0.349 e. The Balaban J connectivity index is 2.86. The molecule has 0 saturated carbocycles. The molecule has 0 spiro atoms. The lowest BCUT2D eigenvalue weighted by molar-refractivity contribution is 0.0698. The van der Waals surface area contributed by atoms with Crippen molar-refractivity contribution in [2.45, 2.75) is 39.0 Å². The Morgan fingerprint density at radius 2 is 2.22 bits per heavy atom. The predicted molar refractivity (Wildman–Crippen MR) is 70.3 cm³/mol. The maximum atomic E-state index is 11.1. The number of thiophene rings is 1. The Bertz CT molecular complexity index is 466. The average molecular weight is 267 g/mol. The minimum Gasteiger partial charge on any atom is -0.492 e. The molecule has 1 aromatic heterocycles. The number of hydrogen-bond acceptors (Lipinski definition) is 4. The van der Waals surface area contributed by atoms with Crippen molar-refractivity contribution in [3.8, 4) is 11.8 Å². The highest BCUT2D eigenvalue weighted by atomic mass is 32.1. The number of carbonyl (C=O) groups is 1. The van der Waals surface area contributed by atoms with Crippen LogP contribution >= 0.6 is 11.3 Å². The van der Waals surface area contributed by atoms with Crippen molar-refractivity contribution >= 4 is 17.3 Å². The number of rotatable bonds is 5. The Morgan fingerprint density at radius 1 is 1.56 bits per heavy atom. The maximum absolute atomic E-state index is 11.1. The zero-order valence-corrected chi connectivity index (χ0v) is 11.6. The van der Waals surface area contributed by atoms with Crippen LogP contribution in [0.1, 0.15) is 48.2 Å². The monoisotopic (exact) mass is 267 g/mol. The van der Waals surface area contributed by atoms with Gasteiger partial charge in [-0.25, -0.2) is 4.79 Å². The Labute approximate surface area is 111 Å². The summed E-state index contributed by atoms with van der Waals surface area (Å²) in [5.74, 6) is -0.554. The molecule has 0 radical (unpaired) electrons. The van der Waals surface area contributed by atoms with Gasteiger partial charge in [0.15, 0.2) is 4.88 Å². The fourth-order valence-electron chi connectivity index (χ4n) is 1.33. The number of nitriles is 1. The fraction of sp³-hybridized carbons (Fsp3) is 0.538. The van der Waals surface area contributed by atoms with Gasteiger partial charge in [0.2, 0.25) is 0 Å². The third kappa shape index (κ3) is 3.74. The second-order valence-corrected chi connectivity index (χ2v) is 6.02. The Morgan fingerprint density at radius 3 is 2.72 bits per heavy atom. The summed E-state index contributed by atoms with van der Waals surface area (Å²) < 4.78 is 5.45. The predicted octanol–water partition coefficient (Wildman–Crippen LogP) is 3.43. The summed E-state index contributed by atoms with van der Waals surface area (Å²) in [4.78, 5) is 12.3. The molecule has 1 rings (SSSR count). The molecule has 5 heteroatoms. The van der Waals surface area contributed by atoms with Gasteiger partial charge in [-0.05, 0) is 17.9 Å². The van der Waals surface area contributed by atoms with Gasteiger partial charge in [-0.1, -0.05) is 20.8 Å². The fourth-order valence-corrected chi connectivity index (χ4v) is 2.33. The van der Waals surface area contributed by atoms with E-state index in [9.17, 15) is 4.79 Å². The second-order valence-electron chi connectivity index (χ2n) is 4.97. The number of ether oxygens (including phenoxy) is 1. The number of hydrogen-bond donors (Lipinski definition) is 1. The van der Waals surface area contributed by atoms with Gasteiger partial charge in [0.1, 0.15) is 5.75 Å². The minimum absolute atomic E-state index is 0.0941. The van der Waals surface area contributed by atoms with Crippen LogP contribution in [0.2, 0.25) is 0 Å². The van der Waals surface area contributed by atoms with Gasteiger partial charge in [0.25, 0.3) is 0 Å². The summed E-state index contributed by atoms with van der Waals surface area (Å²) in [7, 11) is 0. The van der Waals surface area contributed by atoms with Crippen LogP contribution < -0.4 is 4.74 Å². The third-order valence-electron chi connectivity index (χ3n) is 2.32. The summed E-state index contributed by atoms with van der Waals surface area (Å²) in [6.07, 6.45) is 1.02. The first-order valence-corrected chi connectivity index (χ1v) is 6.55. The van der Waals surface area contributed by atoms with Crippen molar-refractivity contribution in [2.75, 3.05) is 6.61 Å². The van der Waals surface area contributed by atoms with E-state index < -0.39 is 5.97 Å². The molecule has 0 amide bonds. The van der Waals surface area contributed by atoms with Crippen LogP contribution in [-0.4, -0.2) is 17.7 Å². The quantitative estimate of drug-likeness (QED) is 0.830. The largest absolute Gasteiger partial charge is 0.492 e. The van der Waals surface area contributed by atoms with Crippen LogP contribution in [-0.2, 0) is 5.41 Å². The Kier molecular flexibility index (Phi) is 4.74. The van der Waals surface area contributed by atoms with Crippen molar-refractivity contribution in [1.82, 2.24) is 0 Å². The van der Waals surface area contributed by atoms with Crippen LogP contribution in [0, 0.1) is 11.3 Å². The van der Waals surface area contributed by atoms with E-state index in [2.05, 4.69) is 0 Å². The zero-order valence-electron chi connectivity index (χ0n) is 10.8. The van der Waals surface area contributed by atoms with E-state index in [1.807, 2.05) is 26.8 Å². The molecule has 0 aromatic carbocycles. The van der Waals surface area contributed by atoms with E-state index in [-0.39, 0.29) is 10.3 Å². The van der Waals surface area contributed by atoms with E-state index in [0.29, 0.717) is 25.2 Å². The lowest BCUT2D eigenvalue weighted by atomic mass is 9.95. The van der Waals surface area contributed by atoms with E-state index in [4.69, 9.17) is 15.1 Å². The first-order chi connectivity index (χ1) is 8.36. The molecule has 1 heterocycles. The van der Waals surface area contributed by atoms with Gasteiger partial charge < -0.3 is 9.84 Å².